The van der Waals surface area contributed by atoms with Crippen LogP contribution in [0.4, 0.5) is 0 Å². The molecule has 1 aliphatic heterocycles. The predicted octanol–water partition coefficient (Wildman–Crippen LogP) is -0.656. The van der Waals surface area contributed by atoms with Crippen LogP contribution in [-0.4, -0.2) is 48.8 Å². The Bertz CT molecular complexity index is 274. The van der Waals surface area contributed by atoms with Crippen molar-refractivity contribution in [2.24, 2.45) is 0 Å². The second-order valence-electron chi connectivity index (χ2n) is 4.14. The van der Waals surface area contributed by atoms with E-state index in [0.717, 1.165) is 19.4 Å². The monoisotopic (exact) mass is 230 g/mol. The molecule has 1 heterocycles. The third-order valence-corrected chi connectivity index (χ3v) is 2.88. The Morgan fingerprint density at radius 1 is 1.62 bits per heavy atom. The zero-order chi connectivity index (χ0) is 12.2. The number of ether oxygens (including phenoxy) is 1. The number of hydrogen-bond donors (Lipinski definition) is 3. The molecular weight excluding hydrogens is 212 g/mol. The quantitative estimate of drug-likeness (QED) is 0.584. The molecular formula is C10H18N2O4. The number of carbonyl (C=O) groups excluding carboxylic acids is 1. The van der Waals surface area contributed by atoms with Gasteiger partial charge in [-0.15, -0.1) is 0 Å². The first-order chi connectivity index (χ1) is 7.49. The van der Waals surface area contributed by atoms with E-state index in [1.807, 2.05) is 6.92 Å². The van der Waals surface area contributed by atoms with E-state index in [4.69, 9.17) is 9.84 Å². The Morgan fingerprint density at radius 3 is 2.75 bits per heavy atom. The molecule has 0 aromatic heterocycles. The third kappa shape index (κ3) is 2.93. The van der Waals surface area contributed by atoms with E-state index < -0.39 is 17.6 Å². The van der Waals surface area contributed by atoms with Crippen molar-refractivity contribution in [1.82, 2.24) is 10.6 Å². The van der Waals surface area contributed by atoms with Gasteiger partial charge in [0.15, 0.2) is 6.10 Å². The number of amides is 1. The second kappa shape index (κ2) is 5.27. The number of hydrogen-bond acceptors (Lipinski definition) is 4. The molecule has 1 saturated heterocycles. The molecule has 2 unspecified atom stereocenters. The third-order valence-electron chi connectivity index (χ3n) is 2.88. The van der Waals surface area contributed by atoms with Crippen LogP contribution in [0.5, 0.6) is 0 Å². The molecule has 6 nitrogen and oxygen atoms in total. The fourth-order valence-electron chi connectivity index (χ4n) is 1.74. The molecule has 1 aliphatic rings. The molecule has 6 heteroatoms. The molecule has 0 aromatic rings. The largest absolute Gasteiger partial charge is 0.479 e. The molecule has 0 aromatic carbocycles. The average Bonchev–Trinajstić information content (AvgIpc) is 2.66. The number of carbonyl (C=O) groups is 2. The van der Waals surface area contributed by atoms with Gasteiger partial charge in [-0.05, 0) is 26.3 Å². The summed E-state index contributed by atoms with van der Waals surface area (Å²) in [4.78, 5) is 22.4. The summed E-state index contributed by atoms with van der Waals surface area (Å²) in [6, 6.07) is 0. The van der Waals surface area contributed by atoms with Gasteiger partial charge < -0.3 is 20.5 Å². The lowest BCUT2D eigenvalue weighted by Crippen LogP contribution is -2.53. The first kappa shape index (κ1) is 12.9. The summed E-state index contributed by atoms with van der Waals surface area (Å²) < 4.78 is 4.72. The van der Waals surface area contributed by atoms with Gasteiger partial charge in [-0.2, -0.15) is 0 Å². The van der Waals surface area contributed by atoms with E-state index in [2.05, 4.69) is 10.6 Å². The van der Waals surface area contributed by atoms with Crippen LogP contribution in [0, 0.1) is 0 Å². The van der Waals surface area contributed by atoms with Crippen LogP contribution in [0.1, 0.15) is 19.8 Å². The molecule has 92 valence electrons. The highest BCUT2D eigenvalue weighted by molar-refractivity contribution is 5.86. The minimum Gasteiger partial charge on any atom is -0.479 e. The Labute approximate surface area is 94.3 Å². The zero-order valence-electron chi connectivity index (χ0n) is 9.58. The van der Waals surface area contributed by atoms with Crippen LogP contribution in [0.25, 0.3) is 0 Å². The second-order valence-corrected chi connectivity index (χ2v) is 4.14. The highest BCUT2D eigenvalue weighted by atomic mass is 16.5. The van der Waals surface area contributed by atoms with Gasteiger partial charge in [0.2, 0.25) is 5.91 Å². The molecule has 0 radical (unpaired) electrons. The van der Waals surface area contributed by atoms with Gasteiger partial charge in [-0.1, -0.05) is 0 Å². The zero-order valence-corrected chi connectivity index (χ0v) is 9.58. The summed E-state index contributed by atoms with van der Waals surface area (Å²) in [6.07, 6.45) is 0.731. The van der Waals surface area contributed by atoms with Gasteiger partial charge >= 0.3 is 5.97 Å². The van der Waals surface area contributed by atoms with E-state index >= 15 is 0 Å². The van der Waals surface area contributed by atoms with Crippen molar-refractivity contribution < 1.29 is 19.4 Å². The number of nitrogens with one attached hydrogen (secondary N) is 2. The molecule has 2 atom stereocenters. The van der Waals surface area contributed by atoms with Crippen molar-refractivity contribution >= 4 is 11.9 Å². The highest BCUT2D eigenvalue weighted by Gasteiger charge is 2.36. The summed E-state index contributed by atoms with van der Waals surface area (Å²) in [7, 11) is 1.31. The summed E-state index contributed by atoms with van der Waals surface area (Å²) in [5, 5.41) is 14.4. The maximum absolute atomic E-state index is 11.8. The minimum atomic E-state index is -1.08. The van der Waals surface area contributed by atoms with Crippen LogP contribution in [0.15, 0.2) is 0 Å². The summed E-state index contributed by atoms with van der Waals surface area (Å²) in [5.74, 6) is -1.25. The number of rotatable bonds is 5. The molecule has 1 rings (SSSR count). The van der Waals surface area contributed by atoms with Gasteiger partial charge in [0.25, 0.3) is 0 Å². The summed E-state index contributed by atoms with van der Waals surface area (Å²) >= 11 is 0. The molecule has 0 aliphatic carbocycles. The van der Waals surface area contributed by atoms with Crippen LogP contribution in [-0.2, 0) is 14.3 Å². The van der Waals surface area contributed by atoms with Crippen LogP contribution in [0.2, 0.25) is 0 Å². The summed E-state index contributed by atoms with van der Waals surface area (Å²) in [5.41, 5.74) is -0.573. The highest BCUT2D eigenvalue weighted by Crippen LogP contribution is 2.18. The lowest BCUT2D eigenvalue weighted by Gasteiger charge is -2.23. The van der Waals surface area contributed by atoms with Crippen molar-refractivity contribution in [2.75, 3.05) is 20.2 Å². The van der Waals surface area contributed by atoms with Gasteiger partial charge in [0, 0.05) is 7.11 Å². The standard InChI is InChI=1S/C10H18N2O4/c1-10(4-3-5-12-10)9(15)11-6-7(16-2)8(13)14/h7,12H,3-6H2,1-2H3,(H,11,15)(H,13,14). The van der Waals surface area contributed by atoms with Crippen molar-refractivity contribution in [3.05, 3.63) is 0 Å². The smallest absolute Gasteiger partial charge is 0.334 e. The molecule has 1 fully saturated rings. The molecule has 3 N–H and O–H groups in total. The first-order valence-corrected chi connectivity index (χ1v) is 5.28. The van der Waals surface area contributed by atoms with Crippen molar-refractivity contribution in [1.29, 1.82) is 0 Å². The number of methoxy groups -OCH3 is 1. The van der Waals surface area contributed by atoms with Crippen LogP contribution < -0.4 is 10.6 Å². The lowest BCUT2D eigenvalue weighted by molar-refractivity contribution is -0.148. The number of aliphatic carboxylic acids is 1. The first-order valence-electron chi connectivity index (χ1n) is 5.28. The van der Waals surface area contributed by atoms with Gasteiger partial charge in [-0.3, -0.25) is 4.79 Å². The van der Waals surface area contributed by atoms with Crippen LogP contribution in [0.3, 0.4) is 0 Å². The molecule has 0 spiro atoms. The van der Waals surface area contributed by atoms with Gasteiger partial charge in [0.05, 0.1) is 12.1 Å². The number of carboxylic acids is 1. The maximum Gasteiger partial charge on any atom is 0.334 e. The average molecular weight is 230 g/mol. The fraction of sp³-hybridized carbons (Fsp3) is 0.800. The van der Waals surface area contributed by atoms with E-state index in [0.29, 0.717) is 0 Å². The van der Waals surface area contributed by atoms with Crippen molar-refractivity contribution in [3.8, 4) is 0 Å². The predicted molar refractivity (Wildman–Crippen MR) is 57.1 cm³/mol. The SMILES string of the molecule is COC(CNC(=O)C1(C)CCCN1)C(=O)O. The van der Waals surface area contributed by atoms with Crippen molar-refractivity contribution in [2.45, 2.75) is 31.4 Å². The minimum absolute atomic E-state index is 0.0120. The molecule has 1 amide bonds. The Morgan fingerprint density at radius 2 is 2.31 bits per heavy atom. The Hall–Kier alpha value is -1.14. The summed E-state index contributed by atoms with van der Waals surface area (Å²) in [6.45, 7) is 2.62. The van der Waals surface area contributed by atoms with E-state index in [-0.39, 0.29) is 12.5 Å². The van der Waals surface area contributed by atoms with Crippen molar-refractivity contribution in [3.63, 3.8) is 0 Å². The Kier molecular flexibility index (Phi) is 4.26. The van der Waals surface area contributed by atoms with Gasteiger partial charge in [-0.25, -0.2) is 4.79 Å². The Balaban J connectivity index is 2.42. The lowest BCUT2D eigenvalue weighted by atomic mass is 9.99. The van der Waals surface area contributed by atoms with Gasteiger partial charge in [0.1, 0.15) is 0 Å². The van der Waals surface area contributed by atoms with E-state index in [1.54, 1.807) is 0 Å². The molecule has 0 bridgehead atoms. The maximum atomic E-state index is 11.8. The topological polar surface area (TPSA) is 87.7 Å². The molecule has 0 saturated carbocycles. The fourth-order valence-corrected chi connectivity index (χ4v) is 1.74. The van der Waals surface area contributed by atoms with E-state index in [1.165, 1.54) is 7.11 Å². The normalized spacial score (nSPS) is 26.4. The van der Waals surface area contributed by atoms with Crippen LogP contribution >= 0.6 is 0 Å². The number of carboxylic acid groups (broad SMARTS) is 1. The molecule has 16 heavy (non-hydrogen) atoms. The van der Waals surface area contributed by atoms with E-state index in [9.17, 15) is 9.59 Å².